The van der Waals surface area contributed by atoms with Crippen LogP contribution in [0.2, 0.25) is 0 Å². The maximum Gasteiger partial charge on any atom is 0.222 e. The number of nitrogens with zero attached hydrogens (tertiary/aromatic N) is 2. The van der Waals surface area contributed by atoms with Gasteiger partial charge in [0.2, 0.25) is 5.95 Å². The van der Waals surface area contributed by atoms with Gasteiger partial charge in [-0.25, -0.2) is 4.68 Å². The molecule has 0 saturated carbocycles. The molecular formula is C7H9FN2O. The van der Waals surface area contributed by atoms with Gasteiger partial charge in [0, 0.05) is 6.54 Å². The van der Waals surface area contributed by atoms with Crippen molar-refractivity contribution in [3.63, 3.8) is 0 Å². The van der Waals surface area contributed by atoms with E-state index < -0.39 is 5.95 Å². The lowest BCUT2D eigenvalue weighted by Crippen LogP contribution is -2.02. The van der Waals surface area contributed by atoms with Gasteiger partial charge in [-0.15, -0.1) is 0 Å². The molecule has 0 spiro atoms. The van der Waals surface area contributed by atoms with Gasteiger partial charge in [0.05, 0.1) is 11.8 Å². The van der Waals surface area contributed by atoms with E-state index in [0.717, 1.165) is 6.42 Å². The number of hydrogen-bond acceptors (Lipinski definition) is 2. The number of halogens is 1. The predicted molar refractivity (Wildman–Crippen MR) is 37.9 cm³/mol. The molecule has 1 rings (SSSR count). The van der Waals surface area contributed by atoms with Crippen LogP contribution in [-0.4, -0.2) is 16.1 Å². The second kappa shape index (κ2) is 3.27. The average Bonchev–Trinajstić information content (AvgIpc) is 2.34. The maximum atomic E-state index is 12.9. The van der Waals surface area contributed by atoms with E-state index in [1.54, 1.807) is 0 Å². The molecule has 0 fully saturated rings. The van der Waals surface area contributed by atoms with Crippen molar-refractivity contribution in [3.05, 3.63) is 17.7 Å². The first-order chi connectivity index (χ1) is 5.29. The Morgan fingerprint density at radius 2 is 2.55 bits per heavy atom. The highest BCUT2D eigenvalue weighted by atomic mass is 19.1. The van der Waals surface area contributed by atoms with Crippen LogP contribution >= 0.6 is 0 Å². The number of aryl methyl sites for hydroxylation is 1. The molecule has 0 N–H and O–H groups in total. The monoisotopic (exact) mass is 156 g/mol. The number of carbonyl (C=O) groups excluding carboxylic acids is 1. The van der Waals surface area contributed by atoms with Crippen molar-refractivity contribution in [2.75, 3.05) is 0 Å². The minimum Gasteiger partial charge on any atom is -0.298 e. The van der Waals surface area contributed by atoms with Crippen LogP contribution in [0.25, 0.3) is 0 Å². The van der Waals surface area contributed by atoms with E-state index in [0.29, 0.717) is 12.8 Å². The van der Waals surface area contributed by atoms with Crippen molar-refractivity contribution in [2.45, 2.75) is 19.9 Å². The number of aromatic nitrogens is 2. The summed E-state index contributed by atoms with van der Waals surface area (Å²) in [6.07, 6.45) is 2.50. The van der Waals surface area contributed by atoms with Crippen molar-refractivity contribution < 1.29 is 9.18 Å². The molecule has 3 nitrogen and oxygen atoms in total. The molecule has 1 heterocycles. The molecular weight excluding hydrogens is 147 g/mol. The van der Waals surface area contributed by atoms with Gasteiger partial charge in [0.1, 0.15) is 0 Å². The van der Waals surface area contributed by atoms with Crippen LogP contribution in [0, 0.1) is 5.95 Å². The minimum absolute atomic E-state index is 0.0263. The van der Waals surface area contributed by atoms with Crippen LogP contribution < -0.4 is 0 Å². The van der Waals surface area contributed by atoms with Crippen molar-refractivity contribution in [3.8, 4) is 0 Å². The molecule has 4 heteroatoms. The normalized spacial score (nSPS) is 10.0. The fourth-order valence-electron chi connectivity index (χ4n) is 0.832. The quantitative estimate of drug-likeness (QED) is 0.617. The SMILES string of the molecule is CCCn1ncc(C=O)c1F. The Morgan fingerprint density at radius 1 is 1.82 bits per heavy atom. The molecule has 0 bridgehead atoms. The molecule has 0 aliphatic rings. The van der Waals surface area contributed by atoms with Gasteiger partial charge in [-0.2, -0.15) is 9.49 Å². The second-order valence-electron chi connectivity index (χ2n) is 2.23. The van der Waals surface area contributed by atoms with Gasteiger partial charge in [-0.05, 0) is 6.42 Å². The van der Waals surface area contributed by atoms with Crippen LogP contribution in [0.4, 0.5) is 4.39 Å². The van der Waals surface area contributed by atoms with Gasteiger partial charge in [0.15, 0.2) is 6.29 Å². The second-order valence-corrected chi connectivity index (χ2v) is 2.23. The summed E-state index contributed by atoms with van der Waals surface area (Å²) in [4.78, 5) is 10.2. The summed E-state index contributed by atoms with van der Waals surface area (Å²) in [5.41, 5.74) is 0.0263. The standard InChI is InChI=1S/C7H9FN2O/c1-2-3-10-7(8)6(5-11)4-9-10/h4-5H,2-3H2,1H3. The van der Waals surface area contributed by atoms with E-state index in [9.17, 15) is 9.18 Å². The molecule has 0 aliphatic carbocycles. The number of carbonyl (C=O) groups is 1. The lowest BCUT2D eigenvalue weighted by atomic mass is 10.4. The lowest BCUT2D eigenvalue weighted by molar-refractivity contribution is 0.111. The molecule has 0 radical (unpaired) electrons. The van der Waals surface area contributed by atoms with Crippen molar-refractivity contribution >= 4 is 6.29 Å². The Balaban J connectivity index is 2.90. The van der Waals surface area contributed by atoms with Crippen molar-refractivity contribution in [2.24, 2.45) is 0 Å². The molecule has 0 amide bonds. The average molecular weight is 156 g/mol. The highest BCUT2D eigenvalue weighted by molar-refractivity contribution is 5.73. The van der Waals surface area contributed by atoms with E-state index in [1.807, 2.05) is 6.92 Å². The Kier molecular flexibility index (Phi) is 2.36. The molecule has 0 aromatic carbocycles. The van der Waals surface area contributed by atoms with Gasteiger partial charge < -0.3 is 0 Å². The number of rotatable bonds is 3. The molecule has 1 aromatic rings. The topological polar surface area (TPSA) is 34.9 Å². The smallest absolute Gasteiger partial charge is 0.222 e. The van der Waals surface area contributed by atoms with Crippen LogP contribution in [0.3, 0.4) is 0 Å². The van der Waals surface area contributed by atoms with E-state index in [1.165, 1.54) is 10.9 Å². The Bertz CT molecular complexity index is 257. The van der Waals surface area contributed by atoms with E-state index in [2.05, 4.69) is 5.10 Å². The summed E-state index contributed by atoms with van der Waals surface area (Å²) in [6, 6.07) is 0. The Morgan fingerprint density at radius 3 is 3.00 bits per heavy atom. The summed E-state index contributed by atoms with van der Waals surface area (Å²) in [5, 5.41) is 3.69. The Labute approximate surface area is 63.8 Å². The molecule has 11 heavy (non-hydrogen) atoms. The van der Waals surface area contributed by atoms with Crippen LogP contribution in [0.15, 0.2) is 6.20 Å². The molecule has 0 atom stereocenters. The third-order valence-electron chi connectivity index (χ3n) is 1.36. The molecule has 0 saturated heterocycles. The van der Waals surface area contributed by atoms with Crippen LogP contribution in [0.5, 0.6) is 0 Å². The van der Waals surface area contributed by atoms with E-state index in [-0.39, 0.29) is 5.56 Å². The highest BCUT2D eigenvalue weighted by Crippen LogP contribution is 2.03. The first-order valence-electron chi connectivity index (χ1n) is 3.46. The van der Waals surface area contributed by atoms with E-state index in [4.69, 9.17) is 0 Å². The van der Waals surface area contributed by atoms with Crippen molar-refractivity contribution in [1.82, 2.24) is 9.78 Å². The fraction of sp³-hybridized carbons (Fsp3) is 0.429. The molecule has 0 unspecified atom stereocenters. The Hall–Kier alpha value is -1.19. The third kappa shape index (κ3) is 1.45. The summed E-state index contributed by atoms with van der Waals surface area (Å²) < 4.78 is 14.1. The molecule has 60 valence electrons. The zero-order valence-corrected chi connectivity index (χ0v) is 6.25. The summed E-state index contributed by atoms with van der Waals surface area (Å²) in [6.45, 7) is 2.43. The summed E-state index contributed by atoms with van der Waals surface area (Å²) >= 11 is 0. The van der Waals surface area contributed by atoms with Gasteiger partial charge >= 0.3 is 0 Å². The lowest BCUT2D eigenvalue weighted by Gasteiger charge is -1.96. The molecule has 1 aromatic heterocycles. The first-order valence-corrected chi connectivity index (χ1v) is 3.46. The minimum atomic E-state index is -0.540. The van der Waals surface area contributed by atoms with Crippen LogP contribution in [-0.2, 0) is 6.54 Å². The zero-order chi connectivity index (χ0) is 8.27. The van der Waals surface area contributed by atoms with Gasteiger partial charge in [-0.3, -0.25) is 4.79 Å². The van der Waals surface area contributed by atoms with Gasteiger partial charge in [-0.1, -0.05) is 6.92 Å². The highest BCUT2D eigenvalue weighted by Gasteiger charge is 2.07. The third-order valence-corrected chi connectivity index (χ3v) is 1.36. The molecule has 0 aliphatic heterocycles. The maximum absolute atomic E-state index is 12.9. The van der Waals surface area contributed by atoms with E-state index >= 15 is 0 Å². The summed E-state index contributed by atoms with van der Waals surface area (Å²) in [7, 11) is 0. The fourth-order valence-corrected chi connectivity index (χ4v) is 0.832. The predicted octanol–water partition coefficient (Wildman–Crippen LogP) is 1.24. The van der Waals surface area contributed by atoms with Gasteiger partial charge in [0.25, 0.3) is 0 Å². The summed E-state index contributed by atoms with van der Waals surface area (Å²) in [5.74, 6) is -0.540. The first kappa shape index (κ1) is 7.91. The number of hydrogen-bond donors (Lipinski definition) is 0. The van der Waals surface area contributed by atoms with Crippen LogP contribution in [0.1, 0.15) is 23.7 Å². The number of aldehydes is 1. The zero-order valence-electron chi connectivity index (χ0n) is 6.25. The largest absolute Gasteiger partial charge is 0.298 e. The van der Waals surface area contributed by atoms with Crippen molar-refractivity contribution in [1.29, 1.82) is 0 Å².